The SMILES string of the molecule is CCCCN1C(=O)N[C@@H](c2cccc(NC(=O)c3ccc(C)c([N+](=O)[O-])c3)c2)C(C(=O)OC)=C1C. The van der Waals surface area contributed by atoms with Gasteiger partial charge in [-0.1, -0.05) is 31.5 Å². The van der Waals surface area contributed by atoms with Crippen LogP contribution in [-0.4, -0.2) is 41.4 Å². The van der Waals surface area contributed by atoms with Crippen LogP contribution in [-0.2, 0) is 9.53 Å². The van der Waals surface area contributed by atoms with Gasteiger partial charge in [-0.25, -0.2) is 9.59 Å². The summed E-state index contributed by atoms with van der Waals surface area (Å²) in [5.41, 5.74) is 2.23. The van der Waals surface area contributed by atoms with Crippen molar-refractivity contribution in [1.29, 1.82) is 0 Å². The highest BCUT2D eigenvalue weighted by atomic mass is 16.6. The smallest absolute Gasteiger partial charge is 0.337 e. The van der Waals surface area contributed by atoms with Gasteiger partial charge in [0.25, 0.3) is 11.6 Å². The van der Waals surface area contributed by atoms with Crippen molar-refractivity contribution < 1.29 is 24.0 Å². The number of benzene rings is 2. The maximum absolute atomic E-state index is 12.8. The van der Waals surface area contributed by atoms with Crippen molar-refractivity contribution in [2.24, 2.45) is 0 Å². The second-order valence-corrected chi connectivity index (χ2v) is 8.22. The van der Waals surface area contributed by atoms with E-state index in [9.17, 15) is 24.5 Å². The first-order chi connectivity index (χ1) is 16.7. The highest BCUT2D eigenvalue weighted by Gasteiger charge is 2.36. The molecule has 0 bridgehead atoms. The van der Waals surface area contributed by atoms with Gasteiger partial charge in [-0.05, 0) is 44.0 Å². The van der Waals surface area contributed by atoms with Crippen molar-refractivity contribution in [2.45, 2.75) is 39.7 Å². The zero-order chi connectivity index (χ0) is 25.7. The lowest BCUT2D eigenvalue weighted by atomic mass is 9.94. The van der Waals surface area contributed by atoms with Gasteiger partial charge in [0.1, 0.15) is 0 Å². The molecule has 10 heteroatoms. The van der Waals surface area contributed by atoms with Crippen LogP contribution in [0.1, 0.15) is 54.2 Å². The number of nitrogens with one attached hydrogen (secondary N) is 2. The average molecular weight is 481 g/mol. The monoisotopic (exact) mass is 480 g/mol. The highest BCUT2D eigenvalue weighted by molar-refractivity contribution is 6.05. The zero-order valence-electron chi connectivity index (χ0n) is 20.1. The van der Waals surface area contributed by atoms with E-state index in [0.29, 0.717) is 34.6 Å². The Balaban J connectivity index is 1.92. The lowest BCUT2D eigenvalue weighted by Gasteiger charge is -2.35. The number of aryl methyl sites for hydroxylation is 1. The number of carbonyl (C=O) groups is 3. The van der Waals surface area contributed by atoms with Crippen LogP contribution < -0.4 is 10.6 Å². The lowest BCUT2D eigenvalue weighted by molar-refractivity contribution is -0.385. The Morgan fingerprint density at radius 3 is 2.60 bits per heavy atom. The predicted molar refractivity (Wildman–Crippen MR) is 130 cm³/mol. The summed E-state index contributed by atoms with van der Waals surface area (Å²) in [6.45, 7) is 5.79. The normalized spacial score (nSPS) is 15.5. The van der Waals surface area contributed by atoms with E-state index in [1.807, 2.05) is 6.92 Å². The Bertz CT molecular complexity index is 1210. The number of anilines is 1. The molecular weight excluding hydrogens is 452 g/mol. The van der Waals surface area contributed by atoms with Crippen LogP contribution in [0.5, 0.6) is 0 Å². The predicted octanol–water partition coefficient (Wildman–Crippen LogP) is 4.47. The number of hydrogen-bond acceptors (Lipinski definition) is 6. The highest BCUT2D eigenvalue weighted by Crippen LogP contribution is 2.32. The number of urea groups is 1. The molecule has 0 fully saturated rings. The van der Waals surface area contributed by atoms with E-state index in [1.54, 1.807) is 38.1 Å². The zero-order valence-corrected chi connectivity index (χ0v) is 20.1. The van der Waals surface area contributed by atoms with Crippen LogP contribution in [0.4, 0.5) is 16.2 Å². The Hall–Kier alpha value is -4.21. The summed E-state index contributed by atoms with van der Waals surface area (Å²) in [6.07, 6.45) is 1.67. The maximum atomic E-state index is 12.8. The van der Waals surface area contributed by atoms with Gasteiger partial charge >= 0.3 is 12.0 Å². The van der Waals surface area contributed by atoms with Gasteiger partial charge in [0.05, 0.1) is 23.6 Å². The Morgan fingerprint density at radius 1 is 1.20 bits per heavy atom. The molecule has 3 amide bonds. The van der Waals surface area contributed by atoms with Gasteiger partial charge in [-0.2, -0.15) is 0 Å². The van der Waals surface area contributed by atoms with Crippen molar-refractivity contribution in [1.82, 2.24) is 10.2 Å². The molecule has 184 valence electrons. The molecule has 0 saturated carbocycles. The minimum absolute atomic E-state index is 0.135. The Kier molecular flexibility index (Phi) is 7.85. The van der Waals surface area contributed by atoms with Gasteiger partial charge in [-0.3, -0.25) is 19.8 Å². The molecule has 0 aliphatic carbocycles. The van der Waals surface area contributed by atoms with Crippen LogP contribution in [0, 0.1) is 17.0 Å². The number of nitrogens with zero attached hydrogens (tertiary/aromatic N) is 2. The molecule has 0 spiro atoms. The van der Waals surface area contributed by atoms with E-state index in [0.717, 1.165) is 12.8 Å². The number of ether oxygens (including phenoxy) is 1. The van der Waals surface area contributed by atoms with Gasteiger partial charge in [0.2, 0.25) is 0 Å². The lowest BCUT2D eigenvalue weighted by Crippen LogP contribution is -2.48. The van der Waals surface area contributed by atoms with Crippen LogP contribution >= 0.6 is 0 Å². The standard InChI is InChI=1S/C25H28N4O6/c1-5-6-12-28-16(3)21(24(31)35-4)22(27-25(28)32)17-8-7-9-19(13-17)26-23(30)18-11-10-15(2)20(14-18)29(33)34/h7-11,13-14,22H,5-6,12H2,1-4H3,(H,26,30)(H,27,32)/t22-/m0/s1. The quantitative estimate of drug-likeness (QED) is 0.326. The molecule has 0 aromatic heterocycles. The number of methoxy groups -OCH3 is 1. The third-order valence-corrected chi connectivity index (χ3v) is 5.88. The van der Waals surface area contributed by atoms with Gasteiger partial charge in [-0.15, -0.1) is 0 Å². The number of rotatable bonds is 8. The fraction of sp³-hybridized carbons (Fsp3) is 0.320. The Morgan fingerprint density at radius 2 is 1.94 bits per heavy atom. The number of allylic oxidation sites excluding steroid dienone is 1. The number of hydrogen-bond donors (Lipinski definition) is 2. The molecule has 2 aromatic rings. The summed E-state index contributed by atoms with van der Waals surface area (Å²) in [5, 5.41) is 16.8. The molecule has 1 aliphatic heterocycles. The van der Waals surface area contributed by atoms with E-state index in [4.69, 9.17) is 4.74 Å². The number of nitro groups is 1. The van der Waals surface area contributed by atoms with Crippen molar-refractivity contribution in [3.63, 3.8) is 0 Å². The van der Waals surface area contributed by atoms with E-state index in [-0.39, 0.29) is 17.3 Å². The van der Waals surface area contributed by atoms with E-state index in [2.05, 4.69) is 10.6 Å². The molecule has 2 aromatic carbocycles. The summed E-state index contributed by atoms with van der Waals surface area (Å²) in [6, 6.07) is 9.86. The first kappa shape index (κ1) is 25.4. The molecule has 0 saturated heterocycles. The molecular formula is C25H28N4O6. The third-order valence-electron chi connectivity index (χ3n) is 5.88. The number of nitro benzene ring substituents is 1. The maximum Gasteiger partial charge on any atom is 0.337 e. The van der Waals surface area contributed by atoms with Crippen molar-refractivity contribution in [2.75, 3.05) is 19.0 Å². The van der Waals surface area contributed by atoms with Crippen LogP contribution in [0.2, 0.25) is 0 Å². The second-order valence-electron chi connectivity index (χ2n) is 8.22. The van der Waals surface area contributed by atoms with Gasteiger partial charge in [0, 0.05) is 35.1 Å². The van der Waals surface area contributed by atoms with Crippen LogP contribution in [0.15, 0.2) is 53.7 Å². The summed E-state index contributed by atoms with van der Waals surface area (Å²) < 4.78 is 4.99. The first-order valence-electron chi connectivity index (χ1n) is 11.2. The fourth-order valence-electron chi connectivity index (χ4n) is 3.94. The summed E-state index contributed by atoms with van der Waals surface area (Å²) >= 11 is 0. The summed E-state index contributed by atoms with van der Waals surface area (Å²) in [4.78, 5) is 50.5. The molecule has 2 N–H and O–H groups in total. The largest absolute Gasteiger partial charge is 0.466 e. The molecule has 0 unspecified atom stereocenters. The number of carbonyl (C=O) groups excluding carboxylic acids is 3. The first-order valence-corrected chi connectivity index (χ1v) is 11.2. The molecule has 0 radical (unpaired) electrons. The third kappa shape index (κ3) is 5.48. The molecule has 35 heavy (non-hydrogen) atoms. The molecule has 3 rings (SSSR count). The van der Waals surface area contributed by atoms with Gasteiger partial charge in [0.15, 0.2) is 0 Å². The fourth-order valence-corrected chi connectivity index (χ4v) is 3.94. The number of unbranched alkanes of at least 4 members (excludes halogenated alkanes) is 1. The molecule has 1 atom stereocenters. The Labute approximate surface area is 203 Å². The number of amides is 3. The van der Waals surface area contributed by atoms with E-state index >= 15 is 0 Å². The van der Waals surface area contributed by atoms with Crippen molar-refractivity contribution in [3.05, 3.63) is 80.5 Å². The van der Waals surface area contributed by atoms with E-state index in [1.165, 1.54) is 30.2 Å². The van der Waals surface area contributed by atoms with Crippen LogP contribution in [0.3, 0.4) is 0 Å². The molecule has 1 heterocycles. The van der Waals surface area contributed by atoms with Crippen molar-refractivity contribution >= 4 is 29.3 Å². The molecule has 1 aliphatic rings. The van der Waals surface area contributed by atoms with Gasteiger partial charge < -0.3 is 15.4 Å². The number of esters is 1. The second kappa shape index (κ2) is 10.8. The summed E-state index contributed by atoms with van der Waals surface area (Å²) in [5.74, 6) is -1.08. The average Bonchev–Trinajstić information content (AvgIpc) is 2.83. The minimum Gasteiger partial charge on any atom is -0.466 e. The van der Waals surface area contributed by atoms with E-state index < -0.39 is 22.8 Å². The summed E-state index contributed by atoms with van der Waals surface area (Å²) in [7, 11) is 1.28. The van der Waals surface area contributed by atoms with Crippen molar-refractivity contribution in [3.8, 4) is 0 Å². The molecule has 10 nitrogen and oxygen atoms in total. The topological polar surface area (TPSA) is 131 Å². The van der Waals surface area contributed by atoms with Crippen LogP contribution in [0.25, 0.3) is 0 Å². The minimum atomic E-state index is -0.773.